The predicted molar refractivity (Wildman–Crippen MR) is 77.1 cm³/mol. The van der Waals surface area contributed by atoms with Gasteiger partial charge >= 0.3 is 6.03 Å². The number of amides is 3. The van der Waals surface area contributed by atoms with E-state index in [1.807, 2.05) is 24.3 Å². The Morgan fingerprint density at radius 1 is 1.30 bits per heavy atom. The molecule has 1 heterocycles. The van der Waals surface area contributed by atoms with Crippen LogP contribution in [-0.2, 0) is 16.8 Å². The van der Waals surface area contributed by atoms with E-state index in [4.69, 9.17) is 5.73 Å². The zero-order chi connectivity index (χ0) is 14.9. The molecule has 1 fully saturated rings. The van der Waals surface area contributed by atoms with Crippen LogP contribution in [0.5, 0.6) is 0 Å². The van der Waals surface area contributed by atoms with E-state index >= 15 is 0 Å². The Hall–Kier alpha value is -1.88. The number of nitrogens with one attached hydrogen (secondary N) is 1. The molecule has 2 rings (SSSR count). The molecule has 3 N–H and O–H groups in total. The number of carbonyl (C=O) groups is 2. The molecular formula is C15H21N3O2. The van der Waals surface area contributed by atoms with Gasteiger partial charge in [0.1, 0.15) is 5.54 Å². The van der Waals surface area contributed by atoms with Crippen molar-refractivity contribution in [1.29, 1.82) is 0 Å². The molecule has 1 saturated heterocycles. The zero-order valence-electron chi connectivity index (χ0n) is 12.1. The lowest BCUT2D eigenvalue weighted by Gasteiger charge is -2.24. The molecule has 108 valence electrons. The third-order valence-electron chi connectivity index (χ3n) is 3.94. The van der Waals surface area contributed by atoms with E-state index in [1.165, 1.54) is 10.5 Å². The van der Waals surface area contributed by atoms with Gasteiger partial charge in [0.05, 0.1) is 6.04 Å². The first-order valence-electron chi connectivity index (χ1n) is 6.89. The molecule has 0 aromatic heterocycles. The molecule has 0 aliphatic carbocycles. The number of hydrogen-bond acceptors (Lipinski definition) is 3. The number of urea groups is 1. The highest BCUT2D eigenvalue weighted by molar-refractivity contribution is 6.07. The fourth-order valence-corrected chi connectivity index (χ4v) is 2.44. The van der Waals surface area contributed by atoms with Crippen LogP contribution >= 0.6 is 0 Å². The third kappa shape index (κ3) is 2.18. The molecule has 0 spiro atoms. The Balaban J connectivity index is 2.35. The van der Waals surface area contributed by atoms with Crippen molar-refractivity contribution in [2.75, 3.05) is 6.54 Å². The minimum Gasteiger partial charge on any atom is -0.328 e. The summed E-state index contributed by atoms with van der Waals surface area (Å²) in [6.45, 7) is 5.83. The third-order valence-corrected chi connectivity index (χ3v) is 3.94. The van der Waals surface area contributed by atoms with Gasteiger partial charge in [-0.05, 0) is 31.4 Å². The molecule has 1 aromatic carbocycles. The van der Waals surface area contributed by atoms with Gasteiger partial charge in [0, 0.05) is 6.54 Å². The van der Waals surface area contributed by atoms with E-state index < -0.39 is 5.54 Å². The fourth-order valence-electron chi connectivity index (χ4n) is 2.44. The molecule has 2 atom stereocenters. The highest BCUT2D eigenvalue weighted by atomic mass is 16.2. The molecule has 0 saturated carbocycles. The van der Waals surface area contributed by atoms with Crippen molar-refractivity contribution in [3.8, 4) is 0 Å². The van der Waals surface area contributed by atoms with Crippen molar-refractivity contribution < 1.29 is 9.59 Å². The van der Waals surface area contributed by atoms with Gasteiger partial charge in [0.25, 0.3) is 5.91 Å². The quantitative estimate of drug-likeness (QED) is 0.815. The Morgan fingerprint density at radius 3 is 2.40 bits per heavy atom. The van der Waals surface area contributed by atoms with Crippen LogP contribution in [0.4, 0.5) is 4.79 Å². The molecule has 1 aliphatic rings. The lowest BCUT2D eigenvalue weighted by atomic mass is 9.91. The lowest BCUT2D eigenvalue weighted by molar-refractivity contribution is -0.132. The molecule has 5 heteroatoms. The number of carbonyl (C=O) groups excluding carboxylic acids is 2. The predicted octanol–water partition coefficient (Wildman–Crippen LogP) is 1.36. The summed E-state index contributed by atoms with van der Waals surface area (Å²) in [4.78, 5) is 25.8. The highest BCUT2D eigenvalue weighted by Crippen LogP contribution is 2.30. The van der Waals surface area contributed by atoms with Crippen molar-refractivity contribution in [1.82, 2.24) is 10.2 Å². The Bertz CT molecular complexity index is 526. The molecule has 1 aliphatic heterocycles. The second-order valence-electron chi connectivity index (χ2n) is 5.37. The van der Waals surface area contributed by atoms with Crippen LogP contribution in [0.15, 0.2) is 24.3 Å². The first kappa shape index (κ1) is 14.5. The van der Waals surface area contributed by atoms with Crippen molar-refractivity contribution in [3.05, 3.63) is 35.4 Å². The maximum absolute atomic E-state index is 12.6. The SMILES string of the molecule is CCc1ccc(C2(C)NC(=O)N(C(C)CN)C2=O)cc1. The summed E-state index contributed by atoms with van der Waals surface area (Å²) in [6.07, 6.45) is 0.938. The van der Waals surface area contributed by atoms with Gasteiger partial charge in [-0.1, -0.05) is 31.2 Å². The molecule has 3 amide bonds. The second-order valence-corrected chi connectivity index (χ2v) is 5.37. The van der Waals surface area contributed by atoms with Crippen LogP contribution in [-0.4, -0.2) is 29.4 Å². The first-order chi connectivity index (χ1) is 9.43. The van der Waals surface area contributed by atoms with Crippen molar-refractivity contribution in [2.45, 2.75) is 38.8 Å². The molecule has 0 radical (unpaired) electrons. The normalized spacial score (nSPS) is 23.9. The van der Waals surface area contributed by atoms with Crippen LogP contribution in [0.2, 0.25) is 0 Å². The minimum atomic E-state index is -1.01. The van der Waals surface area contributed by atoms with Gasteiger partial charge in [0.2, 0.25) is 0 Å². The summed E-state index contributed by atoms with van der Waals surface area (Å²) in [7, 11) is 0. The van der Waals surface area contributed by atoms with Gasteiger partial charge in [-0.15, -0.1) is 0 Å². The van der Waals surface area contributed by atoms with E-state index in [2.05, 4.69) is 12.2 Å². The Kier molecular flexibility index (Phi) is 3.81. The summed E-state index contributed by atoms with van der Waals surface area (Å²) < 4.78 is 0. The van der Waals surface area contributed by atoms with E-state index in [-0.39, 0.29) is 24.5 Å². The number of rotatable bonds is 4. The van der Waals surface area contributed by atoms with Gasteiger partial charge in [-0.25, -0.2) is 4.79 Å². The molecular weight excluding hydrogens is 254 g/mol. The van der Waals surface area contributed by atoms with Gasteiger partial charge < -0.3 is 11.1 Å². The topological polar surface area (TPSA) is 75.4 Å². The number of benzene rings is 1. The number of nitrogens with zero attached hydrogens (tertiary/aromatic N) is 1. The summed E-state index contributed by atoms with van der Waals surface area (Å²) in [6, 6.07) is 7.07. The molecule has 20 heavy (non-hydrogen) atoms. The largest absolute Gasteiger partial charge is 0.328 e. The Morgan fingerprint density at radius 2 is 1.90 bits per heavy atom. The number of aryl methyl sites for hydroxylation is 1. The number of hydrogen-bond donors (Lipinski definition) is 2. The fraction of sp³-hybridized carbons (Fsp3) is 0.467. The van der Waals surface area contributed by atoms with Crippen LogP contribution in [0.3, 0.4) is 0 Å². The molecule has 2 unspecified atom stereocenters. The van der Waals surface area contributed by atoms with Crippen LogP contribution < -0.4 is 11.1 Å². The Labute approximate surface area is 119 Å². The van der Waals surface area contributed by atoms with E-state index in [1.54, 1.807) is 13.8 Å². The summed E-state index contributed by atoms with van der Waals surface area (Å²) >= 11 is 0. The second kappa shape index (κ2) is 5.25. The molecule has 0 bridgehead atoms. The van der Waals surface area contributed by atoms with Crippen molar-refractivity contribution in [3.63, 3.8) is 0 Å². The summed E-state index contributed by atoms with van der Waals surface area (Å²) in [5, 5.41) is 2.78. The molecule has 5 nitrogen and oxygen atoms in total. The molecule has 1 aromatic rings. The van der Waals surface area contributed by atoms with Crippen LogP contribution in [0.25, 0.3) is 0 Å². The number of imide groups is 1. The maximum atomic E-state index is 12.6. The summed E-state index contributed by atoms with van der Waals surface area (Å²) in [5.41, 5.74) is 6.55. The average Bonchev–Trinajstić information content (AvgIpc) is 2.69. The monoisotopic (exact) mass is 275 g/mol. The highest BCUT2D eigenvalue weighted by Gasteiger charge is 2.50. The minimum absolute atomic E-state index is 0.246. The maximum Gasteiger partial charge on any atom is 0.325 e. The van der Waals surface area contributed by atoms with Gasteiger partial charge in [0.15, 0.2) is 0 Å². The van der Waals surface area contributed by atoms with Gasteiger partial charge in [-0.2, -0.15) is 0 Å². The van der Waals surface area contributed by atoms with Crippen molar-refractivity contribution in [2.24, 2.45) is 5.73 Å². The smallest absolute Gasteiger partial charge is 0.325 e. The van der Waals surface area contributed by atoms with Gasteiger partial charge in [-0.3, -0.25) is 9.69 Å². The van der Waals surface area contributed by atoms with Crippen LogP contribution in [0, 0.1) is 0 Å². The van der Waals surface area contributed by atoms with Crippen molar-refractivity contribution >= 4 is 11.9 Å². The van der Waals surface area contributed by atoms with E-state index in [9.17, 15) is 9.59 Å². The van der Waals surface area contributed by atoms with E-state index in [0.717, 1.165) is 12.0 Å². The standard InChI is InChI=1S/C15H21N3O2/c1-4-11-5-7-12(8-6-11)15(3)13(19)18(10(2)9-16)14(20)17-15/h5-8,10H,4,9,16H2,1-3H3,(H,17,20). The average molecular weight is 275 g/mol. The summed E-state index contributed by atoms with van der Waals surface area (Å²) in [5.74, 6) is -0.246. The number of nitrogens with two attached hydrogens (primary N) is 1. The van der Waals surface area contributed by atoms with E-state index in [0.29, 0.717) is 0 Å². The lowest BCUT2D eigenvalue weighted by Crippen LogP contribution is -2.45. The zero-order valence-corrected chi connectivity index (χ0v) is 12.1. The van der Waals surface area contributed by atoms with Crippen LogP contribution in [0.1, 0.15) is 31.9 Å². The first-order valence-corrected chi connectivity index (χ1v) is 6.89.